The van der Waals surface area contributed by atoms with E-state index in [-0.39, 0.29) is 23.7 Å². The molecule has 2 aliphatic heterocycles. The second-order valence-corrected chi connectivity index (χ2v) is 7.86. The lowest BCUT2D eigenvalue weighted by molar-refractivity contribution is -0.136. The van der Waals surface area contributed by atoms with Gasteiger partial charge < -0.3 is 20.5 Å². The van der Waals surface area contributed by atoms with Crippen molar-refractivity contribution in [3.8, 4) is 5.75 Å². The first-order valence-corrected chi connectivity index (χ1v) is 10.4. The maximum atomic E-state index is 12.3. The van der Waals surface area contributed by atoms with Crippen molar-refractivity contribution >= 4 is 35.2 Å². The lowest BCUT2D eigenvalue weighted by Gasteiger charge is -2.25. The van der Waals surface area contributed by atoms with Crippen LogP contribution < -0.4 is 15.8 Å². The highest BCUT2D eigenvalue weighted by molar-refractivity contribution is 8.03. The molecule has 4 rings (SSSR count). The Morgan fingerprint density at radius 2 is 2.10 bits per heavy atom. The number of methoxy groups -OCH3 is 1. The minimum atomic E-state index is -0.411. The summed E-state index contributed by atoms with van der Waals surface area (Å²) in [5.74, 6) is 0.0859. The number of esters is 1. The van der Waals surface area contributed by atoms with Crippen LogP contribution in [0.4, 0.5) is 5.69 Å². The summed E-state index contributed by atoms with van der Waals surface area (Å²) in [5.41, 5.74) is 8.44. The van der Waals surface area contributed by atoms with Crippen molar-refractivity contribution in [1.29, 1.82) is 0 Å². The monoisotopic (exact) mass is 436 g/mol. The minimum absolute atomic E-state index is 0.174. The normalized spacial score (nSPS) is 19.5. The number of nitrogens with two attached hydrogens (primary N) is 1. The van der Waals surface area contributed by atoms with Gasteiger partial charge in [0.1, 0.15) is 23.9 Å². The number of pyridine rings is 1. The largest absolute Gasteiger partial charge is 0.489 e. The van der Waals surface area contributed by atoms with E-state index in [1.807, 2.05) is 5.41 Å². The molecule has 0 bridgehead atoms. The summed E-state index contributed by atoms with van der Waals surface area (Å²) < 4.78 is 10.8. The van der Waals surface area contributed by atoms with Gasteiger partial charge >= 0.3 is 5.97 Å². The summed E-state index contributed by atoms with van der Waals surface area (Å²) in [4.78, 5) is 32.5. The molecule has 0 fully saturated rings. The lowest BCUT2D eigenvalue weighted by Crippen LogP contribution is -2.37. The molecule has 2 unspecified atom stereocenters. The van der Waals surface area contributed by atoms with Gasteiger partial charge in [-0.3, -0.25) is 9.78 Å². The van der Waals surface area contributed by atoms with Crippen LogP contribution in [-0.4, -0.2) is 41.7 Å². The van der Waals surface area contributed by atoms with Crippen LogP contribution >= 0.6 is 11.8 Å². The fourth-order valence-electron chi connectivity index (χ4n) is 3.34. The maximum absolute atomic E-state index is 12.3. The molecule has 0 saturated carbocycles. The highest BCUT2D eigenvalue weighted by Crippen LogP contribution is 2.42. The third kappa shape index (κ3) is 4.46. The predicted octanol–water partition coefficient (Wildman–Crippen LogP) is 2.76. The Morgan fingerprint density at radius 3 is 2.87 bits per heavy atom. The summed E-state index contributed by atoms with van der Waals surface area (Å²) >= 11 is 1.50. The van der Waals surface area contributed by atoms with Gasteiger partial charge in [-0.15, -0.1) is 11.8 Å². The van der Waals surface area contributed by atoms with E-state index >= 15 is 0 Å². The zero-order chi connectivity index (χ0) is 21.8. The van der Waals surface area contributed by atoms with Gasteiger partial charge in [-0.2, -0.15) is 0 Å². The van der Waals surface area contributed by atoms with Crippen LogP contribution in [0, 0.1) is 5.92 Å². The van der Waals surface area contributed by atoms with Crippen LogP contribution in [0.5, 0.6) is 5.75 Å². The van der Waals surface area contributed by atoms with E-state index < -0.39 is 5.97 Å². The van der Waals surface area contributed by atoms with Gasteiger partial charge in [0.05, 0.1) is 23.9 Å². The van der Waals surface area contributed by atoms with Crippen molar-refractivity contribution in [3.63, 3.8) is 0 Å². The number of aromatic nitrogens is 1. The molecule has 0 saturated heterocycles. The number of thioether (sulfide) groups is 1. The van der Waals surface area contributed by atoms with Gasteiger partial charge in [0.15, 0.2) is 0 Å². The number of benzene rings is 1. The van der Waals surface area contributed by atoms with E-state index in [1.54, 1.807) is 48.7 Å². The number of anilines is 1. The first kappa shape index (κ1) is 20.7. The fourth-order valence-corrected chi connectivity index (χ4v) is 4.65. The van der Waals surface area contributed by atoms with Crippen molar-refractivity contribution in [3.05, 3.63) is 77.1 Å². The number of amidine groups is 1. The molecule has 158 valence electrons. The maximum Gasteiger partial charge on any atom is 0.336 e. The van der Waals surface area contributed by atoms with Crippen LogP contribution in [0.3, 0.4) is 0 Å². The molecule has 0 aliphatic carbocycles. The number of nitrogens with zero attached hydrogens (tertiary/aromatic N) is 2. The van der Waals surface area contributed by atoms with Crippen molar-refractivity contribution in [1.82, 2.24) is 4.98 Å². The van der Waals surface area contributed by atoms with E-state index in [9.17, 15) is 9.59 Å². The summed E-state index contributed by atoms with van der Waals surface area (Å²) in [6, 6.07) is 12.2. The van der Waals surface area contributed by atoms with E-state index in [2.05, 4.69) is 15.3 Å². The van der Waals surface area contributed by atoms with Gasteiger partial charge in [-0.25, -0.2) is 9.79 Å². The molecule has 0 radical (unpaired) electrons. The second kappa shape index (κ2) is 9.05. The SMILES string of the molecule is COC(=O)C1=CN=C(N)C2C(COc3cccc(NC(=O)c4ccccn4)c3)=CSC12. The number of aliphatic imine (C=N–C) groups is 1. The number of hydrogen-bond acceptors (Lipinski definition) is 8. The summed E-state index contributed by atoms with van der Waals surface area (Å²) in [6.07, 6.45) is 3.04. The number of rotatable bonds is 6. The van der Waals surface area contributed by atoms with E-state index in [0.717, 1.165) is 5.57 Å². The molecule has 8 nitrogen and oxygen atoms in total. The molecule has 2 atom stereocenters. The van der Waals surface area contributed by atoms with E-state index in [4.69, 9.17) is 15.2 Å². The van der Waals surface area contributed by atoms with Crippen molar-refractivity contribution in [2.75, 3.05) is 19.0 Å². The van der Waals surface area contributed by atoms with Crippen LogP contribution in [0.2, 0.25) is 0 Å². The van der Waals surface area contributed by atoms with E-state index in [0.29, 0.717) is 28.5 Å². The predicted molar refractivity (Wildman–Crippen MR) is 119 cm³/mol. The number of nitrogens with one attached hydrogen (secondary N) is 1. The molecule has 0 spiro atoms. The number of ether oxygens (including phenoxy) is 2. The Kier molecular flexibility index (Phi) is 6.03. The van der Waals surface area contributed by atoms with Gasteiger partial charge in [0.2, 0.25) is 0 Å². The molecule has 3 N–H and O–H groups in total. The first-order chi connectivity index (χ1) is 15.1. The molecule has 3 heterocycles. The van der Waals surface area contributed by atoms with E-state index in [1.165, 1.54) is 25.1 Å². The lowest BCUT2D eigenvalue weighted by atomic mass is 9.90. The van der Waals surface area contributed by atoms with Crippen LogP contribution in [0.25, 0.3) is 0 Å². The Balaban J connectivity index is 1.41. The smallest absolute Gasteiger partial charge is 0.336 e. The van der Waals surface area contributed by atoms with Crippen molar-refractivity contribution < 1.29 is 19.1 Å². The molecular formula is C22H20N4O4S. The van der Waals surface area contributed by atoms with Crippen molar-refractivity contribution in [2.24, 2.45) is 16.6 Å². The molecule has 2 aromatic rings. The topological polar surface area (TPSA) is 116 Å². The highest BCUT2D eigenvalue weighted by atomic mass is 32.2. The number of fused-ring (bicyclic) bond motifs is 1. The Bertz CT molecular complexity index is 1100. The van der Waals surface area contributed by atoms with Gasteiger partial charge in [0, 0.05) is 24.2 Å². The summed E-state index contributed by atoms with van der Waals surface area (Å²) in [5, 5.41) is 4.58. The molecule has 2 aliphatic rings. The standard InChI is InChI=1S/C22H20N4O4S/c1-29-22(28)16-10-25-20(23)18-13(12-31-19(16)18)11-30-15-6-4-5-14(9-15)26-21(27)17-7-2-3-8-24-17/h2-10,12,18-19H,11H2,1H3,(H2,23,25)(H,26,27). The summed E-state index contributed by atoms with van der Waals surface area (Å²) in [7, 11) is 1.34. The zero-order valence-electron chi connectivity index (χ0n) is 16.6. The summed E-state index contributed by atoms with van der Waals surface area (Å²) in [6.45, 7) is 0.274. The quantitative estimate of drug-likeness (QED) is 0.669. The Labute approximate surface area is 183 Å². The minimum Gasteiger partial charge on any atom is -0.489 e. The molecular weight excluding hydrogens is 416 g/mol. The third-order valence-corrected chi connectivity index (χ3v) is 6.12. The average Bonchev–Trinajstić information content (AvgIpc) is 3.23. The zero-order valence-corrected chi connectivity index (χ0v) is 17.5. The van der Waals surface area contributed by atoms with Gasteiger partial charge in [-0.1, -0.05) is 12.1 Å². The van der Waals surface area contributed by atoms with Gasteiger partial charge in [-0.05, 0) is 35.2 Å². The molecule has 1 aromatic heterocycles. The number of amides is 1. The van der Waals surface area contributed by atoms with Crippen LogP contribution in [-0.2, 0) is 9.53 Å². The Hall–Kier alpha value is -3.59. The molecule has 1 amide bonds. The fraction of sp³-hybridized carbons (Fsp3) is 0.182. The third-order valence-electron chi connectivity index (χ3n) is 4.86. The van der Waals surface area contributed by atoms with Crippen LogP contribution in [0.1, 0.15) is 10.5 Å². The molecule has 1 aromatic carbocycles. The second-order valence-electron chi connectivity index (χ2n) is 6.84. The number of hydrogen-bond donors (Lipinski definition) is 2. The molecule has 31 heavy (non-hydrogen) atoms. The average molecular weight is 436 g/mol. The number of carbonyl (C=O) groups excluding carboxylic acids is 2. The first-order valence-electron chi connectivity index (χ1n) is 9.48. The van der Waals surface area contributed by atoms with Gasteiger partial charge in [0.25, 0.3) is 5.91 Å². The highest BCUT2D eigenvalue weighted by Gasteiger charge is 2.40. The number of carbonyl (C=O) groups is 2. The Morgan fingerprint density at radius 1 is 1.23 bits per heavy atom. The van der Waals surface area contributed by atoms with Crippen molar-refractivity contribution in [2.45, 2.75) is 5.25 Å². The molecule has 9 heteroatoms. The van der Waals surface area contributed by atoms with Crippen LogP contribution in [0.15, 0.2) is 76.4 Å².